The number of rotatable bonds is 11. The number of likely N-dealkylation sites (N-methyl/N-ethyl adjacent to an activating group) is 1. The van der Waals surface area contributed by atoms with Crippen molar-refractivity contribution in [1.29, 1.82) is 0 Å². The van der Waals surface area contributed by atoms with Gasteiger partial charge in [-0.1, -0.05) is 41.9 Å². The lowest BCUT2D eigenvalue weighted by Gasteiger charge is -2.32. The zero-order valence-electron chi connectivity index (χ0n) is 21.5. The molecule has 202 valence electrons. The summed E-state index contributed by atoms with van der Waals surface area (Å²) in [6, 6.07) is 18.4. The van der Waals surface area contributed by atoms with E-state index >= 15 is 0 Å². The number of methoxy groups -OCH3 is 2. The standard InChI is InChI=1S/C27H30ClN3O6S/c1-19(27(33)29-2)30(17-20-9-8-10-22(15-20)36-3)26(32)18-31(24-16-21(28)13-14-25(24)37-4)38(34,35)23-11-6-5-7-12-23/h5-16,19H,17-18H2,1-4H3,(H,29,33)/t19-/m1/s1. The molecule has 0 bridgehead atoms. The van der Waals surface area contributed by atoms with Crippen molar-refractivity contribution < 1.29 is 27.5 Å². The number of benzene rings is 3. The number of hydrogen-bond acceptors (Lipinski definition) is 6. The molecule has 0 fully saturated rings. The van der Waals surface area contributed by atoms with E-state index in [1.54, 1.807) is 55.5 Å². The summed E-state index contributed by atoms with van der Waals surface area (Å²) in [5.74, 6) is -0.218. The van der Waals surface area contributed by atoms with Crippen molar-refractivity contribution in [2.24, 2.45) is 0 Å². The fourth-order valence-corrected chi connectivity index (χ4v) is 5.45. The zero-order chi connectivity index (χ0) is 27.9. The minimum Gasteiger partial charge on any atom is -0.497 e. The molecule has 0 aromatic heterocycles. The van der Waals surface area contributed by atoms with Crippen molar-refractivity contribution in [2.45, 2.75) is 24.4 Å². The third kappa shape index (κ3) is 6.56. The normalized spacial score (nSPS) is 11.8. The molecular weight excluding hydrogens is 530 g/mol. The first-order valence-corrected chi connectivity index (χ1v) is 13.5. The van der Waals surface area contributed by atoms with Gasteiger partial charge in [0.2, 0.25) is 11.8 Å². The Morgan fingerprint density at radius 1 is 0.974 bits per heavy atom. The second kappa shape index (κ2) is 12.7. The number of ether oxygens (including phenoxy) is 2. The molecule has 1 N–H and O–H groups in total. The summed E-state index contributed by atoms with van der Waals surface area (Å²) in [6.07, 6.45) is 0. The second-order valence-corrected chi connectivity index (χ2v) is 10.6. The van der Waals surface area contributed by atoms with Crippen LogP contribution in [0.4, 0.5) is 5.69 Å². The van der Waals surface area contributed by atoms with Crippen molar-refractivity contribution in [3.63, 3.8) is 0 Å². The maximum atomic E-state index is 13.8. The van der Waals surface area contributed by atoms with Gasteiger partial charge in [-0.05, 0) is 55.0 Å². The van der Waals surface area contributed by atoms with E-state index in [2.05, 4.69) is 5.32 Å². The van der Waals surface area contributed by atoms with Gasteiger partial charge in [0.1, 0.15) is 24.1 Å². The molecule has 9 nitrogen and oxygen atoms in total. The largest absolute Gasteiger partial charge is 0.497 e. The Labute approximate surface area is 228 Å². The van der Waals surface area contributed by atoms with Gasteiger partial charge in [0.05, 0.1) is 24.8 Å². The average Bonchev–Trinajstić information content (AvgIpc) is 2.94. The van der Waals surface area contributed by atoms with Crippen molar-refractivity contribution >= 4 is 39.1 Å². The molecule has 3 aromatic carbocycles. The molecule has 0 unspecified atom stereocenters. The lowest BCUT2D eigenvalue weighted by Crippen LogP contribution is -2.50. The first-order valence-electron chi connectivity index (χ1n) is 11.7. The predicted octanol–water partition coefficient (Wildman–Crippen LogP) is 3.72. The summed E-state index contributed by atoms with van der Waals surface area (Å²) >= 11 is 6.22. The number of nitrogens with zero attached hydrogens (tertiary/aromatic N) is 2. The number of hydrogen-bond donors (Lipinski definition) is 1. The molecule has 0 aliphatic rings. The van der Waals surface area contributed by atoms with Crippen LogP contribution in [0.25, 0.3) is 0 Å². The molecule has 0 aliphatic heterocycles. The summed E-state index contributed by atoms with van der Waals surface area (Å²) in [5.41, 5.74) is 0.789. The molecule has 0 heterocycles. The molecule has 11 heteroatoms. The SMILES string of the molecule is CNC(=O)[C@@H](C)N(Cc1cccc(OC)c1)C(=O)CN(c1cc(Cl)ccc1OC)S(=O)(=O)c1ccccc1. The van der Waals surface area contributed by atoms with Gasteiger partial charge in [0, 0.05) is 18.6 Å². The highest BCUT2D eigenvalue weighted by Crippen LogP contribution is 2.35. The zero-order valence-corrected chi connectivity index (χ0v) is 23.1. The molecule has 38 heavy (non-hydrogen) atoms. The summed E-state index contributed by atoms with van der Waals surface area (Å²) in [4.78, 5) is 27.7. The van der Waals surface area contributed by atoms with Crippen LogP contribution < -0.4 is 19.1 Å². The Kier molecular flexibility index (Phi) is 9.60. The van der Waals surface area contributed by atoms with Crippen LogP contribution in [-0.2, 0) is 26.2 Å². The lowest BCUT2D eigenvalue weighted by molar-refractivity contribution is -0.139. The minimum atomic E-state index is -4.24. The van der Waals surface area contributed by atoms with E-state index in [1.807, 2.05) is 0 Å². The molecule has 3 rings (SSSR count). The number of sulfonamides is 1. The van der Waals surface area contributed by atoms with Crippen LogP contribution in [0.3, 0.4) is 0 Å². The van der Waals surface area contributed by atoms with Crippen LogP contribution in [-0.4, -0.2) is 59.0 Å². The van der Waals surface area contributed by atoms with Gasteiger partial charge in [-0.15, -0.1) is 0 Å². The minimum absolute atomic E-state index is 0.0199. The van der Waals surface area contributed by atoms with Gasteiger partial charge in [0.15, 0.2) is 0 Å². The van der Waals surface area contributed by atoms with E-state index in [4.69, 9.17) is 21.1 Å². The van der Waals surface area contributed by atoms with Crippen LogP contribution in [0.2, 0.25) is 5.02 Å². The summed E-state index contributed by atoms with van der Waals surface area (Å²) in [5, 5.41) is 2.81. The van der Waals surface area contributed by atoms with Crippen molar-refractivity contribution in [3.8, 4) is 11.5 Å². The number of halogens is 1. The highest BCUT2D eigenvalue weighted by molar-refractivity contribution is 7.92. The van der Waals surface area contributed by atoms with Crippen molar-refractivity contribution in [2.75, 3.05) is 32.1 Å². The summed E-state index contributed by atoms with van der Waals surface area (Å²) in [6.45, 7) is 1.00. The Balaban J connectivity index is 2.09. The Hall–Kier alpha value is -3.76. The van der Waals surface area contributed by atoms with Gasteiger partial charge in [-0.2, -0.15) is 0 Å². The third-order valence-electron chi connectivity index (χ3n) is 5.92. The van der Waals surface area contributed by atoms with E-state index in [0.717, 1.165) is 4.31 Å². The maximum absolute atomic E-state index is 13.8. The molecule has 0 spiro atoms. The van der Waals surface area contributed by atoms with Crippen LogP contribution in [0.15, 0.2) is 77.7 Å². The van der Waals surface area contributed by atoms with Gasteiger partial charge in [-0.25, -0.2) is 8.42 Å². The van der Waals surface area contributed by atoms with E-state index in [0.29, 0.717) is 11.3 Å². The monoisotopic (exact) mass is 559 g/mol. The Morgan fingerprint density at radius 2 is 1.68 bits per heavy atom. The van der Waals surface area contributed by atoms with E-state index < -0.39 is 34.4 Å². The molecule has 1 atom stereocenters. The number of carbonyl (C=O) groups is 2. The van der Waals surface area contributed by atoms with Crippen molar-refractivity contribution in [1.82, 2.24) is 10.2 Å². The first-order chi connectivity index (χ1) is 18.1. The molecule has 0 saturated carbocycles. The van der Waals surface area contributed by atoms with E-state index in [-0.39, 0.29) is 27.9 Å². The smallest absolute Gasteiger partial charge is 0.264 e. The Morgan fingerprint density at radius 3 is 2.32 bits per heavy atom. The Bertz CT molecular complexity index is 1380. The number of nitrogens with one attached hydrogen (secondary N) is 1. The number of amides is 2. The molecule has 0 saturated heterocycles. The predicted molar refractivity (Wildman–Crippen MR) is 146 cm³/mol. The second-order valence-electron chi connectivity index (χ2n) is 8.30. The molecular formula is C27H30ClN3O6S. The molecule has 2 amide bonds. The first kappa shape index (κ1) is 28.8. The van der Waals surface area contributed by atoms with Crippen LogP contribution in [0.5, 0.6) is 11.5 Å². The van der Waals surface area contributed by atoms with Gasteiger partial charge >= 0.3 is 0 Å². The van der Waals surface area contributed by atoms with E-state index in [1.165, 1.54) is 50.4 Å². The van der Waals surface area contributed by atoms with Crippen LogP contribution in [0, 0.1) is 0 Å². The van der Waals surface area contributed by atoms with Crippen LogP contribution in [0.1, 0.15) is 12.5 Å². The quantitative estimate of drug-likeness (QED) is 0.384. The van der Waals surface area contributed by atoms with Gasteiger partial charge < -0.3 is 19.7 Å². The highest BCUT2D eigenvalue weighted by atomic mass is 35.5. The molecule has 0 radical (unpaired) electrons. The topological polar surface area (TPSA) is 105 Å². The third-order valence-corrected chi connectivity index (χ3v) is 7.93. The fourth-order valence-electron chi connectivity index (χ4n) is 3.85. The van der Waals surface area contributed by atoms with Crippen LogP contribution >= 0.6 is 11.6 Å². The molecule has 3 aromatic rings. The number of anilines is 1. The average molecular weight is 560 g/mol. The highest BCUT2D eigenvalue weighted by Gasteiger charge is 2.33. The fraction of sp³-hybridized carbons (Fsp3) is 0.259. The summed E-state index contributed by atoms with van der Waals surface area (Å²) in [7, 11) is 0.149. The van der Waals surface area contributed by atoms with Crippen molar-refractivity contribution in [3.05, 3.63) is 83.4 Å². The maximum Gasteiger partial charge on any atom is 0.264 e. The van der Waals surface area contributed by atoms with Gasteiger partial charge in [0.25, 0.3) is 10.0 Å². The lowest BCUT2D eigenvalue weighted by atomic mass is 10.1. The molecule has 0 aliphatic carbocycles. The van der Waals surface area contributed by atoms with E-state index in [9.17, 15) is 18.0 Å². The summed E-state index contributed by atoms with van der Waals surface area (Å²) < 4.78 is 39.3. The number of carbonyl (C=O) groups excluding carboxylic acids is 2. The van der Waals surface area contributed by atoms with Gasteiger partial charge in [-0.3, -0.25) is 13.9 Å².